The van der Waals surface area contributed by atoms with Crippen LogP contribution in [0.25, 0.3) is 11.0 Å². The molecule has 0 radical (unpaired) electrons. The van der Waals surface area contributed by atoms with E-state index in [1.807, 2.05) is 43.9 Å². The van der Waals surface area contributed by atoms with Gasteiger partial charge >= 0.3 is 11.8 Å². The zero-order valence-electron chi connectivity index (χ0n) is 24.7. The fraction of sp³-hybridized carbons (Fsp3) is 0.667. The van der Waals surface area contributed by atoms with Crippen LogP contribution in [0.15, 0.2) is 23.0 Å². The van der Waals surface area contributed by atoms with Crippen molar-refractivity contribution >= 4 is 28.9 Å². The quantitative estimate of drug-likeness (QED) is 0.532. The van der Waals surface area contributed by atoms with Crippen LogP contribution in [-0.4, -0.2) is 87.4 Å². The van der Waals surface area contributed by atoms with Gasteiger partial charge in [-0.15, -0.1) is 0 Å². The lowest BCUT2D eigenvalue weighted by Crippen LogP contribution is -2.50. The summed E-state index contributed by atoms with van der Waals surface area (Å²) in [6, 6.07) is 5.69. The molecule has 4 heterocycles. The first-order valence-electron chi connectivity index (χ1n) is 14.9. The molecule has 224 valence electrons. The fourth-order valence-electron chi connectivity index (χ4n) is 6.29. The molecule has 1 aromatic heterocycles. The summed E-state index contributed by atoms with van der Waals surface area (Å²) in [5.41, 5.74) is 1.81. The fourth-order valence-corrected chi connectivity index (χ4v) is 6.29. The van der Waals surface area contributed by atoms with Crippen LogP contribution >= 0.6 is 0 Å². The minimum Gasteiger partial charge on any atom is -0.444 e. The van der Waals surface area contributed by atoms with Crippen molar-refractivity contribution in [3.63, 3.8) is 0 Å². The number of benzene rings is 1. The topological polar surface area (TPSA) is 115 Å². The number of rotatable bonds is 6. The van der Waals surface area contributed by atoms with Gasteiger partial charge < -0.3 is 19.3 Å². The summed E-state index contributed by atoms with van der Waals surface area (Å²) in [5.74, 6) is -0.723. The largest absolute Gasteiger partial charge is 0.444 e. The molecule has 1 atom stereocenters. The van der Waals surface area contributed by atoms with Gasteiger partial charge in [-0.3, -0.25) is 24.0 Å². The Morgan fingerprint density at radius 3 is 2.34 bits per heavy atom. The molecule has 11 heteroatoms. The number of hydrogen-bond acceptors (Lipinski definition) is 7. The van der Waals surface area contributed by atoms with E-state index in [4.69, 9.17) is 9.47 Å². The molecule has 1 unspecified atom stereocenters. The maximum atomic E-state index is 13.0. The van der Waals surface area contributed by atoms with Crippen LogP contribution in [0.1, 0.15) is 70.9 Å². The average molecular weight is 570 g/mol. The molecule has 3 saturated heterocycles. The van der Waals surface area contributed by atoms with Gasteiger partial charge in [-0.2, -0.15) is 0 Å². The predicted octanol–water partition coefficient (Wildman–Crippen LogP) is 2.74. The Kier molecular flexibility index (Phi) is 8.56. The molecule has 41 heavy (non-hydrogen) atoms. The zero-order valence-corrected chi connectivity index (χ0v) is 24.7. The molecule has 3 fully saturated rings. The lowest BCUT2D eigenvalue weighted by atomic mass is 9.99. The van der Waals surface area contributed by atoms with Crippen molar-refractivity contribution in [2.24, 2.45) is 7.05 Å². The highest BCUT2D eigenvalue weighted by Crippen LogP contribution is 2.25. The van der Waals surface area contributed by atoms with Crippen LogP contribution in [0.2, 0.25) is 0 Å². The van der Waals surface area contributed by atoms with Crippen LogP contribution in [-0.2, 0) is 32.5 Å². The molecule has 5 rings (SSSR count). The Bertz CT molecular complexity index is 1340. The number of nitrogens with one attached hydrogen (secondary N) is 1. The number of carbonyl (C=O) groups is 3. The molecular weight excluding hydrogens is 526 g/mol. The normalized spacial score (nSPS) is 21.9. The van der Waals surface area contributed by atoms with Crippen LogP contribution in [0.3, 0.4) is 0 Å². The Morgan fingerprint density at radius 2 is 1.68 bits per heavy atom. The van der Waals surface area contributed by atoms with Crippen molar-refractivity contribution in [3.05, 3.63) is 34.2 Å². The Balaban J connectivity index is 1.09. The van der Waals surface area contributed by atoms with Crippen molar-refractivity contribution in [1.82, 2.24) is 24.3 Å². The van der Waals surface area contributed by atoms with Gasteiger partial charge in [-0.05, 0) is 77.0 Å². The highest BCUT2D eigenvalue weighted by molar-refractivity contribution is 6.00. The minimum atomic E-state index is -0.679. The summed E-state index contributed by atoms with van der Waals surface area (Å²) in [6.45, 7) is 9.78. The van der Waals surface area contributed by atoms with E-state index in [-0.39, 0.29) is 30.2 Å². The molecule has 3 aliphatic heterocycles. The van der Waals surface area contributed by atoms with Crippen molar-refractivity contribution < 1.29 is 23.9 Å². The Morgan fingerprint density at radius 1 is 0.976 bits per heavy atom. The van der Waals surface area contributed by atoms with Crippen LogP contribution in [0, 0.1) is 0 Å². The summed E-state index contributed by atoms with van der Waals surface area (Å²) in [5, 5.41) is 2.35. The van der Waals surface area contributed by atoms with E-state index in [9.17, 15) is 19.2 Å². The molecule has 3 aliphatic rings. The van der Waals surface area contributed by atoms with E-state index in [0.29, 0.717) is 24.6 Å². The standard InChI is InChI=1S/C30H43N5O6/c1-30(2,3)41-29(39)34-14-9-21(10-15-34)33-16-11-22(12-17-33)40-18-13-20-5-6-23-25(19-20)32(4)28(38)35(23)24-7-8-26(36)31-27(24)37/h5-6,19,21-22,24H,7-18H2,1-4H3,(H,31,36,37). The lowest BCUT2D eigenvalue weighted by Gasteiger charge is -2.41. The third-order valence-electron chi connectivity index (χ3n) is 8.53. The van der Waals surface area contributed by atoms with Gasteiger partial charge in [-0.1, -0.05) is 6.07 Å². The first-order valence-corrected chi connectivity index (χ1v) is 14.9. The Labute approximate surface area is 240 Å². The molecule has 0 saturated carbocycles. The summed E-state index contributed by atoms with van der Waals surface area (Å²) < 4.78 is 14.8. The monoisotopic (exact) mass is 569 g/mol. The highest BCUT2D eigenvalue weighted by atomic mass is 16.6. The molecule has 3 amide bonds. The van der Waals surface area contributed by atoms with Gasteiger partial charge in [0.15, 0.2) is 0 Å². The van der Waals surface area contributed by atoms with Gasteiger partial charge in [0.2, 0.25) is 11.8 Å². The van der Waals surface area contributed by atoms with E-state index in [2.05, 4.69) is 10.2 Å². The Hall–Kier alpha value is -3.18. The first kappa shape index (κ1) is 29.3. The van der Waals surface area contributed by atoms with Gasteiger partial charge in [-0.25, -0.2) is 9.59 Å². The van der Waals surface area contributed by atoms with E-state index < -0.39 is 17.6 Å². The second-order valence-corrected chi connectivity index (χ2v) is 12.6. The summed E-state index contributed by atoms with van der Waals surface area (Å²) in [4.78, 5) is 53.7. The number of carbonyl (C=O) groups excluding carboxylic acids is 3. The van der Waals surface area contributed by atoms with Crippen molar-refractivity contribution in [2.75, 3.05) is 32.8 Å². The molecule has 1 aromatic carbocycles. The van der Waals surface area contributed by atoms with Crippen molar-refractivity contribution in [3.8, 4) is 0 Å². The van der Waals surface area contributed by atoms with Gasteiger partial charge in [0.05, 0.1) is 23.7 Å². The number of likely N-dealkylation sites (tertiary alicyclic amines) is 2. The van der Waals surface area contributed by atoms with Gasteiger partial charge in [0.25, 0.3) is 0 Å². The lowest BCUT2D eigenvalue weighted by molar-refractivity contribution is -0.135. The third kappa shape index (κ3) is 6.67. The van der Waals surface area contributed by atoms with Crippen LogP contribution in [0.5, 0.6) is 0 Å². The van der Waals surface area contributed by atoms with E-state index in [1.165, 1.54) is 4.57 Å². The number of imide groups is 1. The van der Waals surface area contributed by atoms with E-state index in [1.54, 1.807) is 11.6 Å². The maximum Gasteiger partial charge on any atom is 0.410 e. The molecule has 11 nitrogen and oxygen atoms in total. The molecule has 0 aliphatic carbocycles. The maximum absolute atomic E-state index is 13.0. The average Bonchev–Trinajstić information content (AvgIpc) is 3.17. The van der Waals surface area contributed by atoms with E-state index >= 15 is 0 Å². The number of piperidine rings is 3. The predicted molar refractivity (Wildman–Crippen MR) is 154 cm³/mol. The van der Waals surface area contributed by atoms with Crippen LogP contribution < -0.4 is 11.0 Å². The van der Waals surface area contributed by atoms with Crippen molar-refractivity contribution in [2.45, 2.75) is 89.5 Å². The second kappa shape index (κ2) is 12.0. The molecular formula is C30H43N5O6. The van der Waals surface area contributed by atoms with Crippen LogP contribution in [0.4, 0.5) is 4.79 Å². The number of amides is 3. The first-order chi connectivity index (χ1) is 19.5. The molecule has 1 N–H and O–H groups in total. The molecule has 0 bridgehead atoms. The SMILES string of the molecule is Cn1c(=O)n(C2CCC(=O)NC2=O)c2ccc(CCOC3CCN(C4CCN(C(=O)OC(C)(C)C)CC4)CC3)cc21. The summed E-state index contributed by atoms with van der Waals surface area (Å²) in [6.07, 6.45) is 5.23. The smallest absolute Gasteiger partial charge is 0.410 e. The molecule has 0 spiro atoms. The van der Waals surface area contributed by atoms with Gasteiger partial charge in [0, 0.05) is 45.7 Å². The number of nitrogens with zero attached hydrogens (tertiary/aromatic N) is 4. The third-order valence-corrected chi connectivity index (χ3v) is 8.53. The van der Waals surface area contributed by atoms with Crippen molar-refractivity contribution in [1.29, 1.82) is 0 Å². The molecule has 2 aromatic rings. The summed E-state index contributed by atoms with van der Waals surface area (Å²) >= 11 is 0. The number of fused-ring (bicyclic) bond motifs is 1. The minimum absolute atomic E-state index is 0.212. The number of aromatic nitrogens is 2. The second-order valence-electron chi connectivity index (χ2n) is 12.6. The number of imidazole rings is 1. The zero-order chi connectivity index (χ0) is 29.3. The van der Waals surface area contributed by atoms with Gasteiger partial charge in [0.1, 0.15) is 11.6 Å². The highest BCUT2D eigenvalue weighted by Gasteiger charge is 2.33. The number of hydrogen-bond donors (Lipinski definition) is 1. The van der Waals surface area contributed by atoms with E-state index in [0.717, 1.165) is 69.4 Å². The number of ether oxygens (including phenoxy) is 2. The number of aryl methyl sites for hydroxylation is 1. The summed E-state index contributed by atoms with van der Waals surface area (Å²) in [7, 11) is 1.71.